The molecule has 0 aliphatic heterocycles. The molecule has 0 heterocycles. The van der Waals surface area contributed by atoms with Gasteiger partial charge in [-0.15, -0.1) is 0 Å². The van der Waals surface area contributed by atoms with Gasteiger partial charge in [0, 0.05) is 6.07 Å². The van der Waals surface area contributed by atoms with Crippen LogP contribution in [-0.2, 0) is 0 Å². The zero-order valence-corrected chi connectivity index (χ0v) is 10.9. The highest BCUT2D eigenvalue weighted by Gasteiger charge is 2.01. The molecule has 1 N–H and O–H groups in total. The maximum absolute atomic E-state index is 13.3. The zero-order chi connectivity index (χ0) is 14.4. The monoisotopic (exact) mass is 276 g/mol. The molecule has 0 fully saturated rings. The number of ether oxygens (including phenoxy) is 1. The molecule has 0 saturated carbocycles. The predicted molar refractivity (Wildman–Crippen MR) is 75.2 cm³/mol. The molecule has 0 aliphatic carbocycles. The highest BCUT2D eigenvalue weighted by molar-refractivity contribution is 5.80. The molecule has 0 saturated heterocycles. The number of hydrazone groups is 1. The van der Waals surface area contributed by atoms with E-state index in [9.17, 15) is 8.78 Å². The van der Waals surface area contributed by atoms with Crippen LogP contribution in [0.1, 0.15) is 12.5 Å². The Kier molecular flexibility index (Phi) is 4.65. The summed E-state index contributed by atoms with van der Waals surface area (Å²) in [4.78, 5) is 0. The molecule has 0 unspecified atom stereocenters. The maximum atomic E-state index is 13.3. The van der Waals surface area contributed by atoms with Crippen LogP contribution in [0.25, 0.3) is 0 Å². The first-order valence-corrected chi connectivity index (χ1v) is 6.16. The quantitative estimate of drug-likeness (QED) is 0.665. The molecule has 5 heteroatoms. The van der Waals surface area contributed by atoms with E-state index < -0.39 is 11.6 Å². The van der Waals surface area contributed by atoms with Gasteiger partial charge in [-0.25, -0.2) is 8.78 Å². The minimum absolute atomic E-state index is 0.119. The number of nitrogens with zero attached hydrogens (tertiary/aromatic N) is 1. The van der Waals surface area contributed by atoms with Crippen molar-refractivity contribution in [2.24, 2.45) is 5.10 Å². The molecule has 0 spiro atoms. The van der Waals surface area contributed by atoms with Crippen molar-refractivity contribution in [3.05, 3.63) is 59.7 Å². The van der Waals surface area contributed by atoms with E-state index >= 15 is 0 Å². The third kappa shape index (κ3) is 3.78. The lowest BCUT2D eigenvalue weighted by Gasteiger charge is -2.03. The van der Waals surface area contributed by atoms with Crippen LogP contribution in [0.3, 0.4) is 0 Å². The Morgan fingerprint density at radius 1 is 1.15 bits per heavy atom. The zero-order valence-electron chi connectivity index (χ0n) is 10.9. The lowest BCUT2D eigenvalue weighted by molar-refractivity contribution is 0.340. The molecule has 0 atom stereocenters. The van der Waals surface area contributed by atoms with Crippen molar-refractivity contribution in [3.63, 3.8) is 0 Å². The second kappa shape index (κ2) is 6.65. The van der Waals surface area contributed by atoms with E-state index in [1.165, 1.54) is 6.07 Å². The van der Waals surface area contributed by atoms with Gasteiger partial charge < -0.3 is 4.74 Å². The molecular weight excluding hydrogens is 262 g/mol. The fourth-order valence-electron chi connectivity index (χ4n) is 1.57. The van der Waals surface area contributed by atoms with Gasteiger partial charge in [0.05, 0.1) is 18.5 Å². The van der Waals surface area contributed by atoms with Crippen LogP contribution in [0.2, 0.25) is 0 Å². The number of hydrogen-bond acceptors (Lipinski definition) is 3. The van der Waals surface area contributed by atoms with E-state index in [1.807, 2.05) is 31.2 Å². The summed E-state index contributed by atoms with van der Waals surface area (Å²) in [5, 5.41) is 3.90. The van der Waals surface area contributed by atoms with E-state index in [1.54, 1.807) is 6.21 Å². The molecular formula is C15H14F2N2O. The molecule has 0 bridgehead atoms. The van der Waals surface area contributed by atoms with Gasteiger partial charge in [0.15, 0.2) is 5.82 Å². The Labute approximate surface area is 115 Å². The lowest BCUT2D eigenvalue weighted by atomic mass is 10.2. The minimum Gasteiger partial charge on any atom is -0.494 e. The summed E-state index contributed by atoms with van der Waals surface area (Å²) in [6, 6.07) is 10.6. The van der Waals surface area contributed by atoms with Gasteiger partial charge in [-0.1, -0.05) is 0 Å². The van der Waals surface area contributed by atoms with Crippen molar-refractivity contribution in [1.29, 1.82) is 0 Å². The lowest BCUT2D eigenvalue weighted by Crippen LogP contribution is -1.95. The molecule has 2 rings (SSSR count). The van der Waals surface area contributed by atoms with Crippen LogP contribution >= 0.6 is 0 Å². The topological polar surface area (TPSA) is 33.6 Å². The van der Waals surface area contributed by atoms with Crippen molar-refractivity contribution in [3.8, 4) is 5.75 Å². The largest absolute Gasteiger partial charge is 0.494 e. The normalized spacial score (nSPS) is 10.8. The van der Waals surface area contributed by atoms with Crippen molar-refractivity contribution in [1.82, 2.24) is 0 Å². The van der Waals surface area contributed by atoms with Gasteiger partial charge >= 0.3 is 0 Å². The van der Waals surface area contributed by atoms with Crippen molar-refractivity contribution in [2.75, 3.05) is 12.0 Å². The molecule has 104 valence electrons. The second-order valence-corrected chi connectivity index (χ2v) is 4.00. The molecule has 0 aromatic heterocycles. The summed E-state index contributed by atoms with van der Waals surface area (Å²) in [5.74, 6) is -0.528. The average Bonchev–Trinajstić information content (AvgIpc) is 2.43. The SMILES string of the molecule is CCOc1ccc(C=NNc2ccc(F)cc2F)cc1. The number of anilines is 1. The number of halogens is 2. The van der Waals surface area contributed by atoms with Gasteiger partial charge in [-0.05, 0) is 48.9 Å². The third-order valence-corrected chi connectivity index (χ3v) is 2.52. The summed E-state index contributed by atoms with van der Waals surface area (Å²) in [7, 11) is 0. The standard InChI is InChI=1S/C15H14F2N2O/c1-2-20-13-6-3-11(4-7-13)10-18-19-15-8-5-12(16)9-14(15)17/h3-10,19H,2H2,1H3. The fourth-order valence-corrected chi connectivity index (χ4v) is 1.57. The van der Waals surface area contributed by atoms with E-state index in [2.05, 4.69) is 10.5 Å². The van der Waals surface area contributed by atoms with E-state index in [0.29, 0.717) is 6.61 Å². The van der Waals surface area contributed by atoms with Crippen LogP contribution < -0.4 is 10.2 Å². The minimum atomic E-state index is -0.686. The smallest absolute Gasteiger partial charge is 0.151 e. The summed E-state index contributed by atoms with van der Waals surface area (Å²) >= 11 is 0. The highest BCUT2D eigenvalue weighted by atomic mass is 19.1. The molecule has 2 aromatic carbocycles. The predicted octanol–water partition coefficient (Wildman–Crippen LogP) is 3.81. The van der Waals surface area contributed by atoms with Gasteiger partial charge in [0.1, 0.15) is 11.6 Å². The third-order valence-electron chi connectivity index (χ3n) is 2.52. The molecule has 20 heavy (non-hydrogen) atoms. The molecule has 2 aromatic rings. The summed E-state index contributed by atoms with van der Waals surface area (Å²) in [6.07, 6.45) is 1.54. The maximum Gasteiger partial charge on any atom is 0.151 e. The Hall–Kier alpha value is -2.43. The Balaban J connectivity index is 1.99. The van der Waals surface area contributed by atoms with Gasteiger partial charge in [0.25, 0.3) is 0 Å². The Morgan fingerprint density at radius 3 is 2.55 bits per heavy atom. The number of nitrogens with one attached hydrogen (secondary N) is 1. The van der Waals surface area contributed by atoms with E-state index in [0.717, 1.165) is 23.4 Å². The highest BCUT2D eigenvalue weighted by Crippen LogP contribution is 2.15. The molecule has 0 aliphatic rings. The summed E-state index contributed by atoms with van der Waals surface area (Å²) < 4.78 is 31.4. The fraction of sp³-hybridized carbons (Fsp3) is 0.133. The van der Waals surface area contributed by atoms with E-state index in [-0.39, 0.29) is 5.69 Å². The molecule has 3 nitrogen and oxygen atoms in total. The van der Waals surface area contributed by atoms with Crippen molar-refractivity contribution < 1.29 is 13.5 Å². The van der Waals surface area contributed by atoms with E-state index in [4.69, 9.17) is 4.74 Å². The van der Waals surface area contributed by atoms with Gasteiger partial charge in [-0.3, -0.25) is 5.43 Å². The number of benzene rings is 2. The number of hydrogen-bond donors (Lipinski definition) is 1. The van der Waals surface area contributed by atoms with Crippen LogP contribution in [0.4, 0.5) is 14.5 Å². The van der Waals surface area contributed by atoms with Gasteiger partial charge in [0.2, 0.25) is 0 Å². The Morgan fingerprint density at radius 2 is 1.90 bits per heavy atom. The first kappa shape index (κ1) is 14.0. The van der Waals surface area contributed by atoms with Crippen LogP contribution in [0.5, 0.6) is 5.75 Å². The van der Waals surface area contributed by atoms with Crippen molar-refractivity contribution >= 4 is 11.9 Å². The van der Waals surface area contributed by atoms with Crippen molar-refractivity contribution in [2.45, 2.75) is 6.92 Å². The van der Waals surface area contributed by atoms with Crippen LogP contribution in [0, 0.1) is 11.6 Å². The summed E-state index contributed by atoms with van der Waals surface area (Å²) in [5.41, 5.74) is 3.48. The van der Waals surface area contributed by atoms with Crippen LogP contribution in [-0.4, -0.2) is 12.8 Å². The molecule has 0 radical (unpaired) electrons. The van der Waals surface area contributed by atoms with Gasteiger partial charge in [-0.2, -0.15) is 5.10 Å². The number of rotatable bonds is 5. The Bertz CT molecular complexity index is 597. The average molecular weight is 276 g/mol. The van der Waals surface area contributed by atoms with Crippen LogP contribution in [0.15, 0.2) is 47.6 Å². The molecule has 0 amide bonds. The first-order valence-electron chi connectivity index (χ1n) is 6.16. The first-order chi connectivity index (χ1) is 9.69. The second-order valence-electron chi connectivity index (χ2n) is 4.00. The summed E-state index contributed by atoms with van der Waals surface area (Å²) in [6.45, 7) is 2.52.